The van der Waals surface area contributed by atoms with Crippen molar-refractivity contribution in [3.05, 3.63) is 46.1 Å². The molecular formula is C18H19ClN4O5. The molecule has 3 N–H and O–H groups in total. The highest BCUT2D eigenvalue weighted by atomic mass is 35.5. The number of hydrogen-bond donors (Lipinski definition) is 3. The summed E-state index contributed by atoms with van der Waals surface area (Å²) >= 11 is 5.89. The van der Waals surface area contributed by atoms with Gasteiger partial charge in [-0.2, -0.15) is 0 Å². The number of imide groups is 1. The predicted octanol–water partition coefficient (Wildman–Crippen LogP) is 1.24. The van der Waals surface area contributed by atoms with Crippen molar-refractivity contribution in [3.8, 4) is 0 Å². The lowest BCUT2D eigenvalue weighted by Gasteiger charge is -2.25. The van der Waals surface area contributed by atoms with E-state index in [4.69, 9.17) is 16.3 Å². The van der Waals surface area contributed by atoms with Crippen molar-refractivity contribution < 1.29 is 23.9 Å². The molecule has 0 radical (unpaired) electrons. The summed E-state index contributed by atoms with van der Waals surface area (Å²) in [6, 6.07) is 5.39. The molecule has 0 bridgehead atoms. The average Bonchev–Trinajstić information content (AvgIpc) is 2.86. The van der Waals surface area contributed by atoms with Crippen molar-refractivity contribution in [1.82, 2.24) is 20.9 Å². The van der Waals surface area contributed by atoms with Crippen molar-refractivity contribution in [2.75, 3.05) is 19.7 Å². The van der Waals surface area contributed by atoms with Gasteiger partial charge in [-0.15, -0.1) is 0 Å². The highest BCUT2D eigenvalue weighted by Gasteiger charge is 2.49. The van der Waals surface area contributed by atoms with Gasteiger partial charge >= 0.3 is 18.0 Å². The van der Waals surface area contributed by atoms with Crippen molar-refractivity contribution >= 4 is 35.5 Å². The largest absolute Gasteiger partial charge is 0.463 e. The molecule has 0 spiro atoms. The summed E-state index contributed by atoms with van der Waals surface area (Å²) in [6.07, 6.45) is 0. The average molecular weight is 407 g/mol. The van der Waals surface area contributed by atoms with Crippen molar-refractivity contribution in [3.63, 3.8) is 0 Å². The molecule has 1 saturated heterocycles. The van der Waals surface area contributed by atoms with Crippen LogP contribution in [-0.2, 0) is 19.9 Å². The number of benzene rings is 1. The zero-order valence-corrected chi connectivity index (χ0v) is 16.1. The van der Waals surface area contributed by atoms with E-state index < -0.39 is 29.5 Å². The quantitative estimate of drug-likeness (QED) is 0.502. The van der Waals surface area contributed by atoms with Crippen LogP contribution in [0.25, 0.3) is 0 Å². The van der Waals surface area contributed by atoms with Crippen LogP contribution in [0.2, 0.25) is 5.02 Å². The molecule has 2 aliphatic rings. The molecule has 9 nitrogen and oxygen atoms in total. The number of nitrogens with one attached hydrogen (secondary N) is 3. The minimum Gasteiger partial charge on any atom is -0.463 e. The number of ether oxygens (including phenoxy) is 1. The first-order chi connectivity index (χ1) is 13.3. The van der Waals surface area contributed by atoms with Crippen LogP contribution in [0.3, 0.4) is 0 Å². The van der Waals surface area contributed by atoms with Crippen molar-refractivity contribution in [1.29, 1.82) is 0 Å². The number of hydrogen-bond acceptors (Lipinski definition) is 5. The maximum absolute atomic E-state index is 13.0. The van der Waals surface area contributed by atoms with E-state index in [9.17, 15) is 19.2 Å². The van der Waals surface area contributed by atoms with Gasteiger partial charge in [0.05, 0.1) is 31.0 Å². The molecule has 0 aromatic heterocycles. The molecule has 0 aliphatic carbocycles. The highest BCUT2D eigenvalue weighted by Crippen LogP contribution is 2.30. The van der Waals surface area contributed by atoms with Gasteiger partial charge in [0, 0.05) is 5.02 Å². The SMILES string of the molecule is CCOC(=O)C1=C(CN2C(=O)NC(C)(c3ccc(Cl)cc3)C2=O)NC(=O)NC1. The second kappa shape index (κ2) is 7.51. The zero-order chi connectivity index (χ0) is 20.5. The number of esters is 1. The Balaban J connectivity index is 1.89. The van der Waals surface area contributed by atoms with Crippen molar-refractivity contribution in [2.24, 2.45) is 0 Å². The van der Waals surface area contributed by atoms with Gasteiger partial charge in [0.15, 0.2) is 0 Å². The summed E-state index contributed by atoms with van der Waals surface area (Å²) in [5, 5.41) is 8.12. The number of nitrogens with zero attached hydrogens (tertiary/aromatic N) is 1. The first-order valence-corrected chi connectivity index (χ1v) is 8.98. The first-order valence-electron chi connectivity index (χ1n) is 8.60. The van der Waals surface area contributed by atoms with Crippen molar-refractivity contribution in [2.45, 2.75) is 19.4 Å². The molecule has 1 atom stereocenters. The smallest absolute Gasteiger partial charge is 0.337 e. The third-order valence-corrected chi connectivity index (χ3v) is 4.84. The summed E-state index contributed by atoms with van der Waals surface area (Å²) < 4.78 is 4.98. The zero-order valence-electron chi connectivity index (χ0n) is 15.3. The third-order valence-electron chi connectivity index (χ3n) is 4.59. The van der Waals surface area contributed by atoms with E-state index >= 15 is 0 Å². The maximum Gasteiger partial charge on any atom is 0.337 e. The lowest BCUT2D eigenvalue weighted by molar-refractivity contribution is -0.139. The van der Waals surface area contributed by atoms with Gasteiger partial charge in [-0.3, -0.25) is 9.69 Å². The second-order valence-corrected chi connectivity index (χ2v) is 6.88. The van der Waals surface area contributed by atoms with E-state index in [-0.39, 0.29) is 31.0 Å². The number of carbonyl (C=O) groups excluding carboxylic acids is 4. The lowest BCUT2D eigenvalue weighted by atomic mass is 9.92. The summed E-state index contributed by atoms with van der Waals surface area (Å²) in [5.41, 5.74) is -0.427. The fraction of sp³-hybridized carbons (Fsp3) is 0.333. The van der Waals surface area contributed by atoms with Crippen LogP contribution < -0.4 is 16.0 Å². The van der Waals surface area contributed by atoms with Gasteiger partial charge in [0.25, 0.3) is 5.91 Å². The fourth-order valence-corrected chi connectivity index (χ4v) is 3.18. The van der Waals surface area contributed by atoms with Crippen LogP contribution in [0.1, 0.15) is 19.4 Å². The Hall–Kier alpha value is -3.07. The van der Waals surface area contributed by atoms with E-state index in [0.29, 0.717) is 10.6 Å². The third kappa shape index (κ3) is 3.53. The Bertz CT molecular complexity index is 882. The minimum absolute atomic E-state index is 0.0574. The van der Waals surface area contributed by atoms with Gasteiger partial charge in [0.2, 0.25) is 0 Å². The standard InChI is InChI=1S/C18H19ClN4O5/c1-3-28-14(24)12-8-20-16(26)21-13(12)9-23-15(25)18(2,22-17(23)27)10-4-6-11(19)7-5-10/h4-7H,3,8-9H2,1-2H3,(H,22,27)(H2,20,21,26). The highest BCUT2D eigenvalue weighted by molar-refractivity contribution is 6.30. The van der Waals surface area contributed by atoms with E-state index in [1.807, 2.05) is 0 Å². The molecule has 2 heterocycles. The van der Waals surface area contributed by atoms with Gasteiger partial charge in [-0.25, -0.2) is 14.4 Å². The van der Waals surface area contributed by atoms with Crippen LogP contribution in [0.4, 0.5) is 9.59 Å². The van der Waals surface area contributed by atoms with Crippen LogP contribution in [0, 0.1) is 0 Å². The Morgan fingerprint density at radius 1 is 1.25 bits per heavy atom. The predicted molar refractivity (Wildman–Crippen MR) is 99.2 cm³/mol. The fourth-order valence-electron chi connectivity index (χ4n) is 3.06. The van der Waals surface area contributed by atoms with Gasteiger partial charge in [0.1, 0.15) is 5.54 Å². The molecule has 3 rings (SSSR count). The Labute approximate surface area is 166 Å². The lowest BCUT2D eigenvalue weighted by Crippen LogP contribution is -2.48. The molecule has 1 fully saturated rings. The van der Waals surface area contributed by atoms with Gasteiger partial charge < -0.3 is 20.7 Å². The van der Waals surface area contributed by atoms with E-state index in [1.165, 1.54) is 0 Å². The summed E-state index contributed by atoms with van der Waals surface area (Å²) in [6.45, 7) is 3.06. The maximum atomic E-state index is 13.0. The Morgan fingerprint density at radius 2 is 1.93 bits per heavy atom. The molecule has 0 saturated carbocycles. The minimum atomic E-state index is -1.29. The molecule has 148 valence electrons. The van der Waals surface area contributed by atoms with Crippen LogP contribution in [0.15, 0.2) is 35.5 Å². The molecule has 10 heteroatoms. The van der Waals surface area contributed by atoms with Crippen LogP contribution in [0.5, 0.6) is 0 Å². The first kappa shape index (κ1) is 19.7. The van der Waals surface area contributed by atoms with Crippen LogP contribution >= 0.6 is 11.6 Å². The Kier molecular flexibility index (Phi) is 5.28. The molecule has 1 unspecified atom stereocenters. The number of rotatable bonds is 5. The van der Waals surface area contributed by atoms with E-state index in [2.05, 4.69) is 16.0 Å². The van der Waals surface area contributed by atoms with E-state index in [0.717, 1.165) is 4.90 Å². The molecule has 1 aromatic rings. The molecule has 2 aliphatic heterocycles. The normalized spacial score (nSPS) is 22.0. The number of urea groups is 2. The number of halogens is 1. The topological polar surface area (TPSA) is 117 Å². The summed E-state index contributed by atoms with van der Waals surface area (Å²) in [7, 11) is 0. The van der Waals surface area contributed by atoms with E-state index in [1.54, 1.807) is 38.1 Å². The molecular weight excluding hydrogens is 388 g/mol. The van der Waals surface area contributed by atoms with Crippen LogP contribution in [-0.4, -0.2) is 48.5 Å². The second-order valence-electron chi connectivity index (χ2n) is 6.44. The Morgan fingerprint density at radius 3 is 2.57 bits per heavy atom. The number of carbonyl (C=O) groups is 4. The summed E-state index contributed by atoms with van der Waals surface area (Å²) in [4.78, 5) is 50.3. The molecule has 1 aromatic carbocycles. The molecule has 28 heavy (non-hydrogen) atoms. The number of amides is 5. The summed E-state index contributed by atoms with van der Waals surface area (Å²) in [5.74, 6) is -1.14. The monoisotopic (exact) mass is 406 g/mol. The van der Waals surface area contributed by atoms with Gasteiger partial charge in [-0.05, 0) is 31.5 Å². The van der Waals surface area contributed by atoms with Gasteiger partial charge in [-0.1, -0.05) is 23.7 Å². The molecule has 5 amide bonds.